The molecule has 2 heterocycles. The molecule has 3 rings (SSSR count). The zero-order valence-electron chi connectivity index (χ0n) is 14.9. The van der Waals surface area contributed by atoms with Gasteiger partial charge in [0.15, 0.2) is 0 Å². The van der Waals surface area contributed by atoms with Crippen LogP contribution in [0.1, 0.15) is 10.4 Å². The Morgan fingerprint density at radius 1 is 1.22 bits per heavy atom. The molecule has 1 fully saturated rings. The van der Waals surface area contributed by atoms with Crippen LogP contribution in [-0.2, 0) is 14.3 Å². The van der Waals surface area contributed by atoms with Crippen LogP contribution in [0.3, 0.4) is 0 Å². The molecule has 1 N–H and O–H groups in total. The maximum Gasteiger partial charge on any atom is 0.337 e. The van der Waals surface area contributed by atoms with Crippen LogP contribution in [0.4, 0.5) is 11.5 Å². The van der Waals surface area contributed by atoms with Crippen LogP contribution in [0.15, 0.2) is 41.7 Å². The number of hydrogen-bond acceptors (Lipinski definition) is 8. The number of thioether (sulfide) groups is 1. The SMILES string of the molecule is COC(=O)c1ccc(NC(=O)CSc2cc(N3CCOCC3)ncn2)cc1. The summed E-state index contributed by atoms with van der Waals surface area (Å²) in [6.07, 6.45) is 1.51. The summed E-state index contributed by atoms with van der Waals surface area (Å²) in [6, 6.07) is 8.42. The predicted octanol–water partition coefficient (Wildman–Crippen LogP) is 1.83. The summed E-state index contributed by atoms with van der Waals surface area (Å²) in [4.78, 5) is 34.2. The van der Waals surface area contributed by atoms with E-state index in [0.29, 0.717) is 24.5 Å². The normalized spacial score (nSPS) is 13.9. The number of methoxy groups -OCH3 is 1. The van der Waals surface area contributed by atoms with Crippen LogP contribution >= 0.6 is 11.8 Å². The van der Waals surface area contributed by atoms with Crippen molar-refractivity contribution in [2.75, 3.05) is 49.4 Å². The van der Waals surface area contributed by atoms with Gasteiger partial charge in [-0.2, -0.15) is 0 Å². The van der Waals surface area contributed by atoms with E-state index in [1.807, 2.05) is 6.07 Å². The van der Waals surface area contributed by atoms with E-state index < -0.39 is 5.97 Å². The van der Waals surface area contributed by atoms with Gasteiger partial charge in [-0.05, 0) is 24.3 Å². The standard InChI is InChI=1S/C18H20N4O4S/c1-25-18(24)13-2-4-14(5-3-13)21-16(23)11-27-17-10-15(19-12-20-17)22-6-8-26-9-7-22/h2-5,10,12H,6-9,11H2,1H3,(H,21,23). The van der Waals surface area contributed by atoms with Gasteiger partial charge in [0.05, 0.1) is 31.6 Å². The Morgan fingerprint density at radius 2 is 1.96 bits per heavy atom. The number of rotatable bonds is 6. The van der Waals surface area contributed by atoms with Crippen molar-refractivity contribution >= 4 is 35.1 Å². The monoisotopic (exact) mass is 388 g/mol. The number of esters is 1. The van der Waals surface area contributed by atoms with Crippen molar-refractivity contribution in [2.24, 2.45) is 0 Å². The van der Waals surface area contributed by atoms with Crippen molar-refractivity contribution in [3.8, 4) is 0 Å². The number of nitrogens with zero attached hydrogens (tertiary/aromatic N) is 3. The van der Waals surface area contributed by atoms with E-state index in [2.05, 4.69) is 24.9 Å². The van der Waals surface area contributed by atoms with E-state index >= 15 is 0 Å². The summed E-state index contributed by atoms with van der Waals surface area (Å²) >= 11 is 1.34. The van der Waals surface area contributed by atoms with Gasteiger partial charge in [-0.15, -0.1) is 0 Å². The molecule has 27 heavy (non-hydrogen) atoms. The lowest BCUT2D eigenvalue weighted by atomic mass is 10.2. The van der Waals surface area contributed by atoms with Crippen molar-refractivity contribution in [1.29, 1.82) is 0 Å². The van der Waals surface area contributed by atoms with Crippen LogP contribution in [-0.4, -0.2) is 61.0 Å². The molecule has 9 heteroatoms. The number of morpholine rings is 1. The fourth-order valence-electron chi connectivity index (χ4n) is 2.52. The smallest absolute Gasteiger partial charge is 0.337 e. The number of amides is 1. The van der Waals surface area contributed by atoms with E-state index in [4.69, 9.17) is 4.74 Å². The lowest BCUT2D eigenvalue weighted by Gasteiger charge is -2.27. The van der Waals surface area contributed by atoms with E-state index in [1.54, 1.807) is 24.3 Å². The third kappa shape index (κ3) is 5.41. The Kier molecular flexibility index (Phi) is 6.61. The highest BCUT2D eigenvalue weighted by atomic mass is 32.2. The van der Waals surface area contributed by atoms with Gasteiger partial charge in [0, 0.05) is 24.8 Å². The summed E-state index contributed by atoms with van der Waals surface area (Å²) in [5.41, 5.74) is 1.05. The molecule has 1 amide bonds. The minimum absolute atomic E-state index is 0.155. The molecule has 0 atom stereocenters. The number of carbonyl (C=O) groups is 2. The molecule has 0 aliphatic carbocycles. The van der Waals surface area contributed by atoms with Gasteiger partial charge < -0.3 is 19.7 Å². The second-order valence-electron chi connectivity index (χ2n) is 5.72. The maximum atomic E-state index is 12.2. The molecular weight excluding hydrogens is 368 g/mol. The second-order valence-corrected chi connectivity index (χ2v) is 6.72. The van der Waals surface area contributed by atoms with E-state index in [9.17, 15) is 9.59 Å². The highest BCUT2D eigenvalue weighted by Crippen LogP contribution is 2.21. The Balaban J connectivity index is 1.52. The molecule has 1 aliphatic rings. The molecule has 1 aliphatic heterocycles. The molecule has 1 saturated heterocycles. The molecule has 1 aromatic heterocycles. The maximum absolute atomic E-state index is 12.2. The first kappa shape index (κ1) is 19.1. The fraction of sp³-hybridized carbons (Fsp3) is 0.333. The highest BCUT2D eigenvalue weighted by molar-refractivity contribution is 7.99. The first-order valence-electron chi connectivity index (χ1n) is 8.41. The van der Waals surface area contributed by atoms with Crippen LogP contribution in [0.5, 0.6) is 0 Å². The first-order chi connectivity index (χ1) is 13.2. The summed E-state index contributed by atoms with van der Waals surface area (Å²) in [5.74, 6) is 0.494. The van der Waals surface area contributed by atoms with Crippen LogP contribution in [0.25, 0.3) is 0 Å². The summed E-state index contributed by atoms with van der Waals surface area (Å²) in [5, 5.41) is 3.53. The molecular formula is C18H20N4O4S. The van der Waals surface area contributed by atoms with Crippen molar-refractivity contribution < 1.29 is 19.1 Å². The summed E-state index contributed by atoms with van der Waals surface area (Å²) in [7, 11) is 1.33. The van der Waals surface area contributed by atoms with Gasteiger partial charge in [-0.25, -0.2) is 14.8 Å². The van der Waals surface area contributed by atoms with Crippen molar-refractivity contribution in [3.63, 3.8) is 0 Å². The van der Waals surface area contributed by atoms with Crippen molar-refractivity contribution in [3.05, 3.63) is 42.2 Å². The molecule has 0 unspecified atom stereocenters. The lowest BCUT2D eigenvalue weighted by Crippen LogP contribution is -2.36. The highest BCUT2D eigenvalue weighted by Gasteiger charge is 2.14. The van der Waals surface area contributed by atoms with Gasteiger partial charge in [0.25, 0.3) is 0 Å². The first-order valence-corrected chi connectivity index (χ1v) is 9.40. The molecule has 0 bridgehead atoms. The molecule has 0 radical (unpaired) electrons. The number of carbonyl (C=O) groups excluding carboxylic acids is 2. The lowest BCUT2D eigenvalue weighted by molar-refractivity contribution is -0.113. The Hall–Kier alpha value is -2.65. The van der Waals surface area contributed by atoms with E-state index in [-0.39, 0.29) is 11.7 Å². The molecule has 142 valence electrons. The number of ether oxygens (including phenoxy) is 2. The van der Waals surface area contributed by atoms with Crippen molar-refractivity contribution in [2.45, 2.75) is 5.03 Å². The molecule has 0 saturated carbocycles. The number of anilines is 2. The largest absolute Gasteiger partial charge is 0.465 e. The number of benzene rings is 1. The average molecular weight is 388 g/mol. The number of nitrogens with one attached hydrogen (secondary N) is 1. The average Bonchev–Trinajstić information content (AvgIpc) is 2.73. The van der Waals surface area contributed by atoms with Crippen LogP contribution < -0.4 is 10.2 Å². The van der Waals surface area contributed by atoms with E-state index in [1.165, 1.54) is 25.2 Å². The Labute approximate surface area is 161 Å². The van der Waals surface area contributed by atoms with Gasteiger partial charge in [-0.3, -0.25) is 4.79 Å². The zero-order valence-corrected chi connectivity index (χ0v) is 15.7. The summed E-state index contributed by atoms with van der Waals surface area (Å²) < 4.78 is 9.99. The van der Waals surface area contributed by atoms with Gasteiger partial charge in [-0.1, -0.05) is 11.8 Å². The predicted molar refractivity (Wildman–Crippen MR) is 102 cm³/mol. The minimum Gasteiger partial charge on any atom is -0.465 e. The third-order valence-electron chi connectivity index (χ3n) is 3.90. The van der Waals surface area contributed by atoms with E-state index in [0.717, 1.165) is 23.9 Å². The van der Waals surface area contributed by atoms with Gasteiger partial charge in [0.2, 0.25) is 5.91 Å². The minimum atomic E-state index is -0.414. The Morgan fingerprint density at radius 3 is 2.67 bits per heavy atom. The third-order valence-corrected chi connectivity index (χ3v) is 4.83. The molecule has 8 nitrogen and oxygen atoms in total. The molecule has 1 aromatic carbocycles. The number of aromatic nitrogens is 2. The number of hydrogen-bond donors (Lipinski definition) is 1. The Bertz CT molecular complexity index is 794. The van der Waals surface area contributed by atoms with Crippen molar-refractivity contribution in [1.82, 2.24) is 9.97 Å². The zero-order chi connectivity index (χ0) is 19.1. The molecule has 0 spiro atoms. The van der Waals surface area contributed by atoms with Crippen LogP contribution in [0, 0.1) is 0 Å². The molecule has 2 aromatic rings. The fourth-order valence-corrected chi connectivity index (χ4v) is 3.18. The quantitative estimate of drug-likeness (QED) is 0.455. The van der Waals surface area contributed by atoms with Gasteiger partial charge >= 0.3 is 5.97 Å². The second kappa shape index (κ2) is 9.33. The summed E-state index contributed by atoms with van der Waals surface area (Å²) in [6.45, 7) is 2.96. The topological polar surface area (TPSA) is 93.7 Å². The van der Waals surface area contributed by atoms with Gasteiger partial charge in [0.1, 0.15) is 17.2 Å². The van der Waals surface area contributed by atoms with Crippen LogP contribution in [0.2, 0.25) is 0 Å².